The first kappa shape index (κ1) is 23.9. The standard InChI is InChI=1S/C29H28N6O3/c1-2-20-8-10-25-23(12-20)14-24(29(36)30-25)17-34(15-22-9-11-26-27(13-22)38-19-37-26)18-28-31-32-33-35(28)16-21-6-4-3-5-7-21/h3-14H,2,15-19H2,1H3,(H,30,36). The van der Waals surface area contributed by atoms with Gasteiger partial charge in [0.2, 0.25) is 6.79 Å². The molecule has 0 atom stereocenters. The van der Waals surface area contributed by atoms with Gasteiger partial charge in [0, 0.05) is 24.2 Å². The summed E-state index contributed by atoms with van der Waals surface area (Å²) in [4.78, 5) is 18.3. The first-order valence-corrected chi connectivity index (χ1v) is 12.7. The summed E-state index contributed by atoms with van der Waals surface area (Å²) in [5.74, 6) is 2.19. The van der Waals surface area contributed by atoms with Gasteiger partial charge in [-0.15, -0.1) is 5.10 Å². The Morgan fingerprint density at radius 2 is 1.74 bits per heavy atom. The predicted molar refractivity (Wildman–Crippen MR) is 143 cm³/mol. The Balaban J connectivity index is 1.31. The van der Waals surface area contributed by atoms with Gasteiger partial charge in [0.25, 0.3) is 5.56 Å². The molecular weight excluding hydrogens is 480 g/mol. The van der Waals surface area contributed by atoms with Crippen molar-refractivity contribution < 1.29 is 9.47 Å². The number of aryl methyl sites for hydroxylation is 1. The molecule has 9 heteroatoms. The second-order valence-corrected chi connectivity index (χ2v) is 9.47. The van der Waals surface area contributed by atoms with E-state index < -0.39 is 0 Å². The molecule has 0 unspecified atom stereocenters. The highest BCUT2D eigenvalue weighted by molar-refractivity contribution is 5.79. The van der Waals surface area contributed by atoms with Crippen LogP contribution in [0, 0.1) is 0 Å². The zero-order chi connectivity index (χ0) is 25.9. The summed E-state index contributed by atoms with van der Waals surface area (Å²) < 4.78 is 12.9. The molecule has 0 spiro atoms. The largest absolute Gasteiger partial charge is 0.454 e. The zero-order valence-corrected chi connectivity index (χ0v) is 21.1. The number of aromatic amines is 1. The van der Waals surface area contributed by atoms with E-state index in [2.05, 4.69) is 56.6 Å². The molecule has 3 heterocycles. The van der Waals surface area contributed by atoms with E-state index >= 15 is 0 Å². The van der Waals surface area contributed by atoms with Gasteiger partial charge in [-0.25, -0.2) is 4.68 Å². The van der Waals surface area contributed by atoms with Crippen molar-refractivity contribution >= 4 is 10.9 Å². The SMILES string of the molecule is CCc1ccc2[nH]c(=O)c(CN(Cc3ccc4c(c3)OCO4)Cc3nnnn3Cc3ccccc3)cc2c1. The van der Waals surface area contributed by atoms with Crippen LogP contribution in [0.25, 0.3) is 10.9 Å². The summed E-state index contributed by atoms with van der Waals surface area (Å²) in [6, 6.07) is 24.2. The van der Waals surface area contributed by atoms with Crippen LogP contribution in [0.4, 0.5) is 0 Å². The second kappa shape index (κ2) is 10.5. The third kappa shape index (κ3) is 5.14. The van der Waals surface area contributed by atoms with Crippen LogP contribution in [0.5, 0.6) is 11.5 Å². The molecule has 0 radical (unpaired) electrons. The van der Waals surface area contributed by atoms with Gasteiger partial charge in [-0.05, 0) is 69.3 Å². The molecule has 1 N–H and O–H groups in total. The molecular formula is C29H28N6O3. The summed E-state index contributed by atoms with van der Waals surface area (Å²) >= 11 is 0. The summed E-state index contributed by atoms with van der Waals surface area (Å²) in [7, 11) is 0. The summed E-state index contributed by atoms with van der Waals surface area (Å²) in [5.41, 5.74) is 4.82. The molecule has 3 aromatic carbocycles. The molecule has 0 aliphatic carbocycles. The van der Waals surface area contributed by atoms with Gasteiger partial charge in [0.1, 0.15) is 0 Å². The van der Waals surface area contributed by atoms with E-state index in [1.54, 1.807) is 4.68 Å². The van der Waals surface area contributed by atoms with Gasteiger partial charge in [-0.2, -0.15) is 0 Å². The maximum absolute atomic E-state index is 13.1. The van der Waals surface area contributed by atoms with E-state index in [1.165, 1.54) is 5.56 Å². The lowest BCUT2D eigenvalue weighted by Gasteiger charge is -2.22. The van der Waals surface area contributed by atoms with Crippen molar-refractivity contribution in [2.24, 2.45) is 0 Å². The van der Waals surface area contributed by atoms with E-state index in [1.807, 2.05) is 48.5 Å². The normalized spacial score (nSPS) is 12.5. The highest BCUT2D eigenvalue weighted by Gasteiger charge is 2.19. The molecule has 5 aromatic rings. The smallest absolute Gasteiger partial charge is 0.252 e. The minimum Gasteiger partial charge on any atom is -0.454 e. The van der Waals surface area contributed by atoms with E-state index in [0.29, 0.717) is 31.7 Å². The van der Waals surface area contributed by atoms with Crippen LogP contribution in [0.1, 0.15) is 35.0 Å². The zero-order valence-electron chi connectivity index (χ0n) is 21.1. The maximum atomic E-state index is 13.1. The van der Waals surface area contributed by atoms with E-state index in [-0.39, 0.29) is 12.4 Å². The average molecular weight is 509 g/mol. The van der Waals surface area contributed by atoms with Crippen LogP contribution in [0.15, 0.2) is 77.6 Å². The molecule has 0 fully saturated rings. The predicted octanol–water partition coefficient (Wildman–Crippen LogP) is 4.06. The van der Waals surface area contributed by atoms with E-state index in [9.17, 15) is 4.79 Å². The first-order chi connectivity index (χ1) is 18.6. The van der Waals surface area contributed by atoms with E-state index in [4.69, 9.17) is 9.47 Å². The van der Waals surface area contributed by atoms with Gasteiger partial charge in [-0.1, -0.05) is 49.4 Å². The number of benzene rings is 3. The Labute approximate surface area is 219 Å². The lowest BCUT2D eigenvalue weighted by Crippen LogP contribution is -2.28. The van der Waals surface area contributed by atoms with Crippen molar-refractivity contribution in [2.45, 2.75) is 39.5 Å². The third-order valence-electron chi connectivity index (χ3n) is 6.78. The molecule has 0 saturated heterocycles. The minimum absolute atomic E-state index is 0.0960. The molecule has 0 amide bonds. The molecule has 2 aromatic heterocycles. The summed E-state index contributed by atoms with van der Waals surface area (Å²) in [5, 5.41) is 13.5. The van der Waals surface area contributed by atoms with Crippen molar-refractivity contribution in [1.29, 1.82) is 0 Å². The highest BCUT2D eigenvalue weighted by atomic mass is 16.7. The van der Waals surface area contributed by atoms with Gasteiger partial charge in [0.05, 0.1) is 13.1 Å². The van der Waals surface area contributed by atoms with Crippen LogP contribution in [-0.2, 0) is 32.6 Å². The van der Waals surface area contributed by atoms with Gasteiger partial charge in [-0.3, -0.25) is 9.69 Å². The topological polar surface area (TPSA) is 98.2 Å². The first-order valence-electron chi connectivity index (χ1n) is 12.7. The number of fused-ring (bicyclic) bond motifs is 2. The molecule has 38 heavy (non-hydrogen) atoms. The molecule has 0 bridgehead atoms. The van der Waals surface area contributed by atoms with Crippen LogP contribution in [-0.4, -0.2) is 36.9 Å². The van der Waals surface area contributed by atoms with Crippen LogP contribution in [0.2, 0.25) is 0 Å². The second-order valence-electron chi connectivity index (χ2n) is 9.47. The number of ether oxygens (including phenoxy) is 2. The quantitative estimate of drug-likeness (QED) is 0.321. The number of nitrogens with one attached hydrogen (secondary N) is 1. The number of aromatic nitrogens is 5. The fraction of sp³-hybridized carbons (Fsp3) is 0.241. The fourth-order valence-electron chi connectivity index (χ4n) is 4.76. The van der Waals surface area contributed by atoms with Crippen molar-refractivity contribution in [2.75, 3.05) is 6.79 Å². The lowest BCUT2D eigenvalue weighted by atomic mass is 10.1. The van der Waals surface area contributed by atoms with Crippen LogP contribution < -0.4 is 15.0 Å². The molecule has 0 saturated carbocycles. The number of nitrogens with zero attached hydrogens (tertiary/aromatic N) is 5. The summed E-state index contributed by atoms with van der Waals surface area (Å²) in [6.07, 6.45) is 0.935. The number of pyridine rings is 1. The van der Waals surface area contributed by atoms with Crippen LogP contribution >= 0.6 is 0 Å². The Morgan fingerprint density at radius 3 is 2.61 bits per heavy atom. The number of tetrazole rings is 1. The number of H-pyrrole nitrogens is 1. The Hall–Kier alpha value is -4.50. The van der Waals surface area contributed by atoms with Crippen LogP contribution in [0.3, 0.4) is 0 Å². The van der Waals surface area contributed by atoms with Gasteiger partial charge >= 0.3 is 0 Å². The van der Waals surface area contributed by atoms with Gasteiger partial charge < -0.3 is 14.5 Å². The van der Waals surface area contributed by atoms with E-state index in [0.717, 1.165) is 45.8 Å². The molecule has 9 nitrogen and oxygen atoms in total. The molecule has 6 rings (SSSR count). The van der Waals surface area contributed by atoms with Crippen molar-refractivity contribution in [3.05, 3.63) is 111 Å². The average Bonchev–Trinajstić information content (AvgIpc) is 3.58. The Bertz CT molecular complexity index is 1630. The Kier molecular flexibility index (Phi) is 6.58. The van der Waals surface area contributed by atoms with Gasteiger partial charge in [0.15, 0.2) is 17.3 Å². The molecule has 192 valence electrons. The number of hydrogen-bond donors (Lipinski definition) is 1. The molecule has 1 aliphatic heterocycles. The fourth-order valence-corrected chi connectivity index (χ4v) is 4.76. The van der Waals surface area contributed by atoms with Crippen molar-refractivity contribution in [1.82, 2.24) is 30.1 Å². The van der Waals surface area contributed by atoms with Crippen molar-refractivity contribution in [3.63, 3.8) is 0 Å². The number of rotatable bonds is 9. The Morgan fingerprint density at radius 1 is 0.895 bits per heavy atom. The number of hydrogen-bond acceptors (Lipinski definition) is 7. The maximum Gasteiger partial charge on any atom is 0.252 e. The van der Waals surface area contributed by atoms with Crippen molar-refractivity contribution in [3.8, 4) is 11.5 Å². The minimum atomic E-state index is -0.0960. The highest BCUT2D eigenvalue weighted by Crippen LogP contribution is 2.33. The summed E-state index contributed by atoms with van der Waals surface area (Å²) in [6.45, 7) is 4.37. The lowest BCUT2D eigenvalue weighted by molar-refractivity contribution is 0.174. The monoisotopic (exact) mass is 508 g/mol. The molecule has 1 aliphatic rings. The third-order valence-corrected chi connectivity index (χ3v) is 6.78.